The second-order valence-corrected chi connectivity index (χ2v) is 10.4. The third kappa shape index (κ3) is 4.44. The van der Waals surface area contributed by atoms with E-state index in [1.54, 1.807) is 11.0 Å². The third-order valence-corrected chi connectivity index (χ3v) is 7.09. The van der Waals surface area contributed by atoms with Crippen LogP contribution in [0.4, 0.5) is 0 Å². The number of ether oxygens (including phenoxy) is 1. The number of aryl methyl sites for hydroxylation is 1. The number of nitrogens with zero attached hydrogens (tertiary/aromatic N) is 3. The number of para-hydroxylation sites is 1. The van der Waals surface area contributed by atoms with Crippen molar-refractivity contribution in [1.29, 1.82) is 5.41 Å². The molecular weight excluding hydrogens is 456 g/mol. The molecule has 7 heteroatoms. The molecule has 178 valence electrons. The monoisotopic (exact) mass is 484 g/mol. The molecule has 6 nitrogen and oxygen atoms in total. The molecule has 0 aliphatic carbocycles. The van der Waals surface area contributed by atoms with Gasteiger partial charge in [-0.05, 0) is 49.1 Å². The first kappa shape index (κ1) is 23.2. The van der Waals surface area contributed by atoms with Gasteiger partial charge >= 0.3 is 0 Å². The normalized spacial score (nSPS) is 16.8. The number of aromatic nitrogens is 1. The van der Waals surface area contributed by atoms with Gasteiger partial charge in [-0.2, -0.15) is 4.99 Å². The van der Waals surface area contributed by atoms with Crippen LogP contribution < -0.4 is 4.74 Å². The maximum absolute atomic E-state index is 12.8. The highest BCUT2D eigenvalue weighted by Gasteiger charge is 2.33. The number of fused-ring (bicyclic) bond motifs is 2. The molecule has 0 saturated heterocycles. The molecule has 0 fully saturated rings. The number of amidine groups is 2. The zero-order valence-corrected chi connectivity index (χ0v) is 21.1. The second kappa shape index (κ2) is 9.23. The summed E-state index contributed by atoms with van der Waals surface area (Å²) in [5, 5.41) is 10.2. The van der Waals surface area contributed by atoms with Gasteiger partial charge in [-0.15, -0.1) is 0 Å². The number of rotatable bonds is 6. The predicted molar refractivity (Wildman–Crippen MR) is 144 cm³/mol. The topological polar surface area (TPSA) is 70.7 Å². The first-order valence-corrected chi connectivity index (χ1v) is 12.5. The predicted octanol–water partition coefficient (Wildman–Crippen LogP) is 6.32. The lowest BCUT2D eigenvalue weighted by Gasteiger charge is -2.22. The van der Waals surface area contributed by atoms with E-state index in [1.165, 1.54) is 22.9 Å². The summed E-state index contributed by atoms with van der Waals surface area (Å²) >= 11 is 1.41. The molecule has 2 aliphatic rings. The van der Waals surface area contributed by atoms with Crippen molar-refractivity contribution in [3.63, 3.8) is 0 Å². The van der Waals surface area contributed by atoms with E-state index in [-0.39, 0.29) is 11.7 Å². The minimum absolute atomic E-state index is 0.158. The van der Waals surface area contributed by atoms with Gasteiger partial charge in [0, 0.05) is 33.8 Å². The van der Waals surface area contributed by atoms with Crippen LogP contribution in [-0.4, -0.2) is 33.0 Å². The van der Waals surface area contributed by atoms with Gasteiger partial charge in [0.2, 0.25) is 0 Å². The lowest BCUT2D eigenvalue weighted by atomic mass is 10.0. The van der Waals surface area contributed by atoms with Crippen molar-refractivity contribution in [1.82, 2.24) is 9.47 Å². The van der Waals surface area contributed by atoms with E-state index in [2.05, 4.69) is 54.6 Å². The zero-order chi connectivity index (χ0) is 24.7. The molecule has 0 saturated carbocycles. The van der Waals surface area contributed by atoms with Gasteiger partial charge in [0.15, 0.2) is 5.17 Å². The molecule has 3 heterocycles. The Morgan fingerprint density at radius 3 is 2.77 bits per heavy atom. The van der Waals surface area contributed by atoms with Crippen molar-refractivity contribution in [2.75, 3.05) is 6.61 Å². The largest absolute Gasteiger partial charge is 0.491 e. The fourth-order valence-corrected chi connectivity index (χ4v) is 5.25. The summed E-state index contributed by atoms with van der Waals surface area (Å²) in [6.45, 7) is 9.55. The SMILES string of the molecule is CC1=CN2C(=N)C(=Cc3cn(CCOc4cc(C)ccc4C(C)C)c4ccccc34)C(=O)N=C2S1. The number of allylic oxidation sites excluding steroid dienone is 1. The Balaban J connectivity index is 1.43. The number of benzene rings is 2. The summed E-state index contributed by atoms with van der Waals surface area (Å²) in [6, 6.07) is 14.5. The van der Waals surface area contributed by atoms with Crippen LogP contribution in [0, 0.1) is 12.3 Å². The molecule has 2 aromatic carbocycles. The highest BCUT2D eigenvalue weighted by molar-refractivity contribution is 8.17. The van der Waals surface area contributed by atoms with Crippen LogP contribution in [-0.2, 0) is 11.3 Å². The Morgan fingerprint density at radius 1 is 1.17 bits per heavy atom. The molecule has 0 bridgehead atoms. The molecule has 0 spiro atoms. The zero-order valence-electron chi connectivity index (χ0n) is 20.3. The van der Waals surface area contributed by atoms with Crippen molar-refractivity contribution in [3.8, 4) is 5.75 Å². The van der Waals surface area contributed by atoms with E-state index in [0.717, 1.165) is 27.1 Å². The lowest BCUT2D eigenvalue weighted by molar-refractivity contribution is -0.114. The summed E-state index contributed by atoms with van der Waals surface area (Å²) in [4.78, 5) is 19.6. The van der Waals surface area contributed by atoms with Crippen LogP contribution >= 0.6 is 11.8 Å². The van der Waals surface area contributed by atoms with Crippen molar-refractivity contribution < 1.29 is 9.53 Å². The molecule has 2 aliphatic heterocycles. The van der Waals surface area contributed by atoms with Gasteiger partial charge in [0.1, 0.15) is 18.2 Å². The Kier molecular flexibility index (Phi) is 6.11. The molecule has 1 amide bonds. The molecule has 35 heavy (non-hydrogen) atoms. The van der Waals surface area contributed by atoms with Crippen molar-refractivity contribution in [2.24, 2.45) is 4.99 Å². The number of aliphatic imine (C=N–C) groups is 1. The molecule has 0 unspecified atom stereocenters. The summed E-state index contributed by atoms with van der Waals surface area (Å²) in [5.74, 6) is 1.10. The fraction of sp³-hybridized carbons (Fsp3) is 0.250. The van der Waals surface area contributed by atoms with Crippen LogP contribution in [0.1, 0.15) is 43.4 Å². The van der Waals surface area contributed by atoms with E-state index in [1.807, 2.05) is 37.5 Å². The average molecular weight is 485 g/mol. The van der Waals surface area contributed by atoms with E-state index in [0.29, 0.717) is 29.8 Å². The Labute approximate surface area is 209 Å². The first-order chi connectivity index (χ1) is 16.8. The summed E-state index contributed by atoms with van der Waals surface area (Å²) < 4.78 is 8.37. The Hall–Kier alpha value is -3.58. The van der Waals surface area contributed by atoms with Crippen LogP contribution in [0.5, 0.6) is 5.75 Å². The number of nitrogens with one attached hydrogen (secondary N) is 1. The number of carbonyl (C=O) groups excluding carboxylic acids is 1. The summed E-state index contributed by atoms with van der Waals surface area (Å²) in [6.07, 6.45) is 5.66. The quantitative estimate of drug-likeness (QED) is 0.416. The van der Waals surface area contributed by atoms with Crippen molar-refractivity contribution in [2.45, 2.75) is 40.2 Å². The maximum atomic E-state index is 12.8. The molecule has 0 atom stereocenters. The van der Waals surface area contributed by atoms with Gasteiger partial charge in [-0.3, -0.25) is 15.1 Å². The average Bonchev–Trinajstić information content (AvgIpc) is 3.36. The number of thioether (sulfide) groups is 1. The van der Waals surface area contributed by atoms with E-state index in [4.69, 9.17) is 10.1 Å². The van der Waals surface area contributed by atoms with Gasteiger partial charge in [-0.1, -0.05) is 55.9 Å². The lowest BCUT2D eigenvalue weighted by Crippen LogP contribution is -2.35. The third-order valence-electron chi connectivity index (χ3n) is 6.19. The number of hydrogen-bond acceptors (Lipinski definition) is 4. The second-order valence-electron chi connectivity index (χ2n) is 9.16. The van der Waals surface area contributed by atoms with E-state index in [9.17, 15) is 4.79 Å². The molecule has 1 aromatic heterocycles. The highest BCUT2D eigenvalue weighted by atomic mass is 32.2. The van der Waals surface area contributed by atoms with Crippen molar-refractivity contribution >= 4 is 45.7 Å². The van der Waals surface area contributed by atoms with Gasteiger partial charge < -0.3 is 9.30 Å². The summed E-state index contributed by atoms with van der Waals surface area (Å²) in [5.41, 5.74) is 4.62. The molecular formula is C28H28N4O2S. The van der Waals surface area contributed by atoms with Gasteiger partial charge in [-0.25, -0.2) is 0 Å². The Bertz CT molecular complexity index is 1440. The fourth-order valence-electron chi connectivity index (χ4n) is 4.43. The van der Waals surface area contributed by atoms with Crippen LogP contribution in [0.25, 0.3) is 17.0 Å². The van der Waals surface area contributed by atoms with Gasteiger partial charge in [0.05, 0.1) is 12.1 Å². The van der Waals surface area contributed by atoms with Crippen LogP contribution in [0.15, 0.2) is 70.3 Å². The molecule has 1 N–H and O–H groups in total. The molecule has 3 aromatic rings. The Morgan fingerprint density at radius 2 is 1.97 bits per heavy atom. The number of amides is 1. The van der Waals surface area contributed by atoms with Crippen LogP contribution in [0.2, 0.25) is 0 Å². The van der Waals surface area contributed by atoms with Crippen molar-refractivity contribution in [3.05, 3.63) is 82.0 Å². The van der Waals surface area contributed by atoms with Gasteiger partial charge in [0.25, 0.3) is 5.91 Å². The maximum Gasteiger partial charge on any atom is 0.283 e. The molecule has 5 rings (SSSR count). The first-order valence-electron chi connectivity index (χ1n) is 11.7. The number of hydrogen-bond donors (Lipinski definition) is 1. The highest BCUT2D eigenvalue weighted by Crippen LogP contribution is 2.33. The number of carbonyl (C=O) groups is 1. The minimum Gasteiger partial charge on any atom is -0.491 e. The summed E-state index contributed by atoms with van der Waals surface area (Å²) in [7, 11) is 0. The van der Waals surface area contributed by atoms with E-state index < -0.39 is 0 Å². The smallest absolute Gasteiger partial charge is 0.283 e. The standard InChI is InChI=1S/C28H28N4O2S/c1-17(2)21-10-9-18(3)13-25(21)34-12-11-31-16-20(22-7-5-6-8-24(22)31)14-23-26(29)32-15-19(4)35-28(32)30-27(23)33/h5-10,13-17,29H,11-12H2,1-4H3. The minimum atomic E-state index is -0.377. The molecule has 0 radical (unpaired) electrons. The van der Waals surface area contributed by atoms with Crippen LogP contribution in [0.3, 0.4) is 0 Å². The van der Waals surface area contributed by atoms with E-state index >= 15 is 0 Å².